The number of carboxylic acids is 1. The number of aliphatic carboxylic acids is 1. The molecule has 0 amide bonds. The lowest BCUT2D eigenvalue weighted by molar-refractivity contribution is -0.138. The summed E-state index contributed by atoms with van der Waals surface area (Å²) in [6, 6.07) is 5.04. The fraction of sp³-hybridized carbons (Fsp3) is 0.500. The SMILES string of the molecule is CCCCC(Nc1ccc(OC)cc1C)C(=O)O. The van der Waals surface area contributed by atoms with Crippen LogP contribution >= 0.6 is 0 Å². The largest absolute Gasteiger partial charge is 0.497 e. The van der Waals surface area contributed by atoms with Gasteiger partial charge in [-0.25, -0.2) is 4.79 Å². The van der Waals surface area contributed by atoms with Crippen LogP contribution in [0.3, 0.4) is 0 Å². The number of nitrogens with one attached hydrogen (secondary N) is 1. The van der Waals surface area contributed by atoms with Crippen LogP contribution < -0.4 is 10.1 Å². The van der Waals surface area contributed by atoms with Gasteiger partial charge in [0.05, 0.1) is 7.11 Å². The smallest absolute Gasteiger partial charge is 0.326 e. The van der Waals surface area contributed by atoms with Crippen molar-refractivity contribution in [2.24, 2.45) is 0 Å². The van der Waals surface area contributed by atoms with Gasteiger partial charge in [-0.2, -0.15) is 0 Å². The number of unbranched alkanes of at least 4 members (excludes halogenated alkanes) is 1. The number of ether oxygens (including phenoxy) is 1. The molecule has 100 valence electrons. The van der Waals surface area contributed by atoms with Gasteiger partial charge in [0.2, 0.25) is 0 Å². The van der Waals surface area contributed by atoms with E-state index >= 15 is 0 Å². The van der Waals surface area contributed by atoms with Crippen LogP contribution in [0.5, 0.6) is 5.75 Å². The van der Waals surface area contributed by atoms with E-state index in [1.54, 1.807) is 7.11 Å². The Morgan fingerprint density at radius 1 is 1.50 bits per heavy atom. The summed E-state index contributed by atoms with van der Waals surface area (Å²) < 4.78 is 5.12. The van der Waals surface area contributed by atoms with Crippen LogP contribution in [0.25, 0.3) is 0 Å². The molecule has 0 heterocycles. The Hall–Kier alpha value is -1.71. The van der Waals surface area contributed by atoms with Crippen LogP contribution in [0.1, 0.15) is 31.7 Å². The number of aryl methyl sites for hydroxylation is 1. The van der Waals surface area contributed by atoms with Crippen LogP contribution in [0.4, 0.5) is 5.69 Å². The fourth-order valence-corrected chi connectivity index (χ4v) is 1.78. The van der Waals surface area contributed by atoms with Crippen LogP contribution in [-0.4, -0.2) is 24.2 Å². The quantitative estimate of drug-likeness (QED) is 0.782. The molecule has 4 heteroatoms. The molecule has 0 saturated heterocycles. The Balaban J connectivity index is 2.77. The molecule has 1 unspecified atom stereocenters. The van der Waals surface area contributed by atoms with Crippen molar-refractivity contribution in [3.05, 3.63) is 23.8 Å². The normalized spacial score (nSPS) is 11.9. The van der Waals surface area contributed by atoms with Crippen molar-refractivity contribution in [1.29, 1.82) is 0 Å². The third-order valence-corrected chi connectivity index (χ3v) is 2.91. The Morgan fingerprint density at radius 3 is 2.72 bits per heavy atom. The van der Waals surface area contributed by atoms with E-state index in [1.807, 2.05) is 25.1 Å². The summed E-state index contributed by atoms with van der Waals surface area (Å²) in [5.74, 6) is -0.0304. The minimum Gasteiger partial charge on any atom is -0.497 e. The van der Waals surface area contributed by atoms with Crippen molar-refractivity contribution < 1.29 is 14.6 Å². The second-order valence-corrected chi connectivity index (χ2v) is 4.36. The number of anilines is 1. The highest BCUT2D eigenvalue weighted by molar-refractivity contribution is 5.77. The standard InChI is InChI=1S/C14H21NO3/c1-4-5-6-13(14(16)17)15-12-8-7-11(18-3)9-10(12)2/h7-9,13,15H,4-6H2,1-3H3,(H,16,17). The zero-order chi connectivity index (χ0) is 13.5. The van der Waals surface area contributed by atoms with Gasteiger partial charge in [0.1, 0.15) is 11.8 Å². The lowest BCUT2D eigenvalue weighted by Crippen LogP contribution is -2.29. The van der Waals surface area contributed by atoms with Gasteiger partial charge in [-0.15, -0.1) is 0 Å². The highest BCUT2D eigenvalue weighted by Gasteiger charge is 2.17. The average molecular weight is 251 g/mol. The van der Waals surface area contributed by atoms with Gasteiger partial charge in [-0.3, -0.25) is 0 Å². The molecule has 18 heavy (non-hydrogen) atoms. The molecule has 0 aliphatic heterocycles. The van der Waals surface area contributed by atoms with Gasteiger partial charge >= 0.3 is 5.97 Å². The van der Waals surface area contributed by atoms with E-state index < -0.39 is 12.0 Å². The number of benzene rings is 1. The predicted molar refractivity (Wildman–Crippen MR) is 72.3 cm³/mol. The highest BCUT2D eigenvalue weighted by atomic mass is 16.5. The molecule has 0 bridgehead atoms. The summed E-state index contributed by atoms with van der Waals surface area (Å²) in [5, 5.41) is 12.2. The molecule has 1 aromatic carbocycles. The van der Waals surface area contributed by atoms with E-state index in [1.165, 1.54) is 0 Å². The van der Waals surface area contributed by atoms with E-state index in [9.17, 15) is 4.79 Å². The molecule has 0 aromatic heterocycles. The first kappa shape index (κ1) is 14.4. The van der Waals surface area contributed by atoms with Crippen molar-refractivity contribution in [3.63, 3.8) is 0 Å². The minimum atomic E-state index is -0.807. The van der Waals surface area contributed by atoms with Gasteiger partial charge in [0.15, 0.2) is 0 Å². The highest BCUT2D eigenvalue weighted by Crippen LogP contribution is 2.22. The maximum atomic E-state index is 11.2. The summed E-state index contributed by atoms with van der Waals surface area (Å²) in [4.78, 5) is 11.2. The predicted octanol–water partition coefficient (Wildman–Crippen LogP) is 3.06. The van der Waals surface area contributed by atoms with Crippen molar-refractivity contribution in [3.8, 4) is 5.75 Å². The van der Waals surface area contributed by atoms with Gasteiger partial charge in [0.25, 0.3) is 0 Å². The van der Waals surface area contributed by atoms with Crippen LogP contribution in [0.15, 0.2) is 18.2 Å². The number of carboxylic acid groups (broad SMARTS) is 1. The molecule has 0 fully saturated rings. The molecule has 4 nitrogen and oxygen atoms in total. The number of rotatable bonds is 7. The first-order chi connectivity index (χ1) is 8.58. The Bertz CT molecular complexity index is 404. The summed E-state index contributed by atoms with van der Waals surface area (Å²) in [6.07, 6.45) is 2.53. The van der Waals surface area contributed by atoms with Gasteiger partial charge in [-0.1, -0.05) is 19.8 Å². The van der Waals surface area contributed by atoms with Crippen LogP contribution in [0, 0.1) is 6.92 Å². The Labute approximate surface area is 108 Å². The summed E-state index contributed by atoms with van der Waals surface area (Å²) in [5.41, 5.74) is 1.83. The Kier molecular flexibility index (Phi) is 5.49. The van der Waals surface area contributed by atoms with E-state index in [2.05, 4.69) is 12.2 Å². The zero-order valence-electron chi connectivity index (χ0n) is 11.2. The van der Waals surface area contributed by atoms with Crippen molar-refractivity contribution in [2.45, 2.75) is 39.2 Å². The first-order valence-electron chi connectivity index (χ1n) is 6.22. The maximum absolute atomic E-state index is 11.2. The minimum absolute atomic E-state index is 0.531. The maximum Gasteiger partial charge on any atom is 0.326 e. The monoisotopic (exact) mass is 251 g/mol. The van der Waals surface area contributed by atoms with E-state index in [4.69, 9.17) is 9.84 Å². The van der Waals surface area contributed by atoms with E-state index in [-0.39, 0.29) is 0 Å². The van der Waals surface area contributed by atoms with Crippen molar-refractivity contribution >= 4 is 11.7 Å². The zero-order valence-corrected chi connectivity index (χ0v) is 11.2. The number of carbonyl (C=O) groups is 1. The van der Waals surface area contributed by atoms with E-state index in [0.29, 0.717) is 6.42 Å². The Morgan fingerprint density at radius 2 is 2.22 bits per heavy atom. The third kappa shape index (κ3) is 3.95. The summed E-state index contributed by atoms with van der Waals surface area (Å²) in [6.45, 7) is 3.99. The van der Waals surface area contributed by atoms with Crippen LogP contribution in [-0.2, 0) is 4.79 Å². The van der Waals surface area contributed by atoms with E-state index in [0.717, 1.165) is 29.8 Å². The topological polar surface area (TPSA) is 58.6 Å². The summed E-state index contributed by atoms with van der Waals surface area (Å²) in [7, 11) is 1.61. The molecule has 1 rings (SSSR count). The second-order valence-electron chi connectivity index (χ2n) is 4.36. The molecular weight excluding hydrogens is 230 g/mol. The van der Waals surface area contributed by atoms with Gasteiger partial charge < -0.3 is 15.2 Å². The summed E-state index contributed by atoms with van der Waals surface area (Å²) >= 11 is 0. The molecule has 1 aromatic rings. The number of methoxy groups -OCH3 is 1. The second kappa shape index (κ2) is 6.89. The van der Waals surface area contributed by atoms with Gasteiger partial charge in [-0.05, 0) is 37.1 Å². The lowest BCUT2D eigenvalue weighted by Gasteiger charge is -2.17. The van der Waals surface area contributed by atoms with Gasteiger partial charge in [0, 0.05) is 5.69 Å². The average Bonchev–Trinajstić information content (AvgIpc) is 2.35. The molecule has 1 atom stereocenters. The molecule has 0 radical (unpaired) electrons. The van der Waals surface area contributed by atoms with Crippen molar-refractivity contribution in [1.82, 2.24) is 0 Å². The number of hydrogen-bond acceptors (Lipinski definition) is 3. The molecule has 0 spiro atoms. The lowest BCUT2D eigenvalue weighted by atomic mass is 10.1. The first-order valence-corrected chi connectivity index (χ1v) is 6.22. The molecule has 2 N–H and O–H groups in total. The molecule has 0 saturated carbocycles. The molecule has 0 aliphatic carbocycles. The molecular formula is C14H21NO3. The van der Waals surface area contributed by atoms with Crippen molar-refractivity contribution in [2.75, 3.05) is 12.4 Å². The molecule has 0 aliphatic rings. The van der Waals surface area contributed by atoms with Crippen LogP contribution in [0.2, 0.25) is 0 Å². The fourth-order valence-electron chi connectivity index (χ4n) is 1.78. The number of hydrogen-bond donors (Lipinski definition) is 2. The third-order valence-electron chi connectivity index (χ3n) is 2.91.